The molecule has 3 N–H and O–H groups in total. The molecule has 5 aromatic rings. The molecule has 16 heteroatoms. The van der Waals surface area contributed by atoms with Crippen molar-refractivity contribution in [2.45, 2.75) is 83.8 Å². The zero-order valence-corrected chi connectivity index (χ0v) is 40.8. The molecule has 8 rings (SSSR count). The average molecular weight is 936 g/mol. The van der Waals surface area contributed by atoms with Gasteiger partial charge in [-0.2, -0.15) is 67.5 Å². The predicted molar refractivity (Wildman–Crippen MR) is 271 cm³/mol. The maximum Gasteiger partial charge on any atom is 0.407 e. The van der Waals surface area contributed by atoms with Crippen LogP contribution in [0.2, 0.25) is 0 Å². The fourth-order valence-corrected chi connectivity index (χ4v) is 8.44. The number of benzene rings is 3. The standard InChI is InChI=1S/C46H51N7O4.5H2S/c1-28(2)29(3)43(54)53-27-46(21-22-46)25-39(53)42-48-35-20-17-32(24-36(35)49-42)14-13-31-15-18-34(19-16-31)37-26-47-41(50-37)38-12-9-23-52(38)44(55)40(51-45(56)57-5)30(4)33-10-7-6-8-11-33;;;;;/h6-8,10-11,15-20,24,26,28-30,38-40H,9,12,21-23,25,27H2,1-5H3,(H,47,50)(H,48,49)(H,51,56);5*1H2/t29-,30-,38-,39-,40+;;;;;/m0...../s1. The van der Waals surface area contributed by atoms with Crippen molar-refractivity contribution >= 4 is 96.4 Å². The van der Waals surface area contributed by atoms with E-state index in [1.807, 2.05) is 91.5 Å². The van der Waals surface area contributed by atoms with Gasteiger partial charge in [0, 0.05) is 36.1 Å². The van der Waals surface area contributed by atoms with Gasteiger partial charge in [-0.15, -0.1) is 0 Å². The van der Waals surface area contributed by atoms with Crippen molar-refractivity contribution in [2.24, 2.45) is 17.3 Å². The number of H-pyrrole nitrogens is 2. The zero-order valence-electron chi connectivity index (χ0n) is 35.8. The van der Waals surface area contributed by atoms with Crippen LogP contribution in [-0.4, -0.2) is 73.9 Å². The van der Waals surface area contributed by atoms with Gasteiger partial charge >= 0.3 is 6.09 Å². The highest BCUT2D eigenvalue weighted by atomic mass is 32.1. The Bertz CT molecular complexity index is 2360. The van der Waals surface area contributed by atoms with E-state index in [-0.39, 0.29) is 109 Å². The van der Waals surface area contributed by atoms with Gasteiger partial charge in [0.05, 0.1) is 42.1 Å². The second-order valence-electron chi connectivity index (χ2n) is 16.6. The second-order valence-corrected chi connectivity index (χ2v) is 16.6. The number of imidazole rings is 2. The van der Waals surface area contributed by atoms with Crippen LogP contribution in [-0.2, 0) is 14.3 Å². The molecule has 0 bridgehead atoms. The summed E-state index contributed by atoms with van der Waals surface area (Å²) in [5.74, 6) is 8.26. The Morgan fingerprint density at radius 2 is 1.50 bits per heavy atom. The summed E-state index contributed by atoms with van der Waals surface area (Å²) in [4.78, 5) is 60.5. The quantitative estimate of drug-likeness (QED) is 0.127. The van der Waals surface area contributed by atoms with Crippen molar-refractivity contribution in [3.8, 4) is 23.1 Å². The van der Waals surface area contributed by atoms with Crippen LogP contribution in [0.3, 0.4) is 0 Å². The Kier molecular flexibility index (Phi) is 18.5. The molecule has 1 spiro atoms. The maximum atomic E-state index is 14.1. The third-order valence-electron chi connectivity index (χ3n) is 12.5. The number of hydrogen-bond donors (Lipinski definition) is 3. The van der Waals surface area contributed by atoms with Crippen molar-refractivity contribution in [3.05, 3.63) is 107 Å². The van der Waals surface area contributed by atoms with Crippen LogP contribution in [0, 0.1) is 29.1 Å². The number of nitrogens with one attached hydrogen (secondary N) is 3. The number of likely N-dealkylation sites (tertiary alicyclic amines) is 2. The Morgan fingerprint density at radius 3 is 2.16 bits per heavy atom. The van der Waals surface area contributed by atoms with Crippen LogP contribution in [0.25, 0.3) is 22.3 Å². The maximum absolute atomic E-state index is 14.1. The molecule has 3 fully saturated rings. The summed E-state index contributed by atoms with van der Waals surface area (Å²) in [5, 5.41) is 2.79. The predicted octanol–water partition coefficient (Wildman–Crippen LogP) is 8.45. The molecule has 4 heterocycles. The lowest BCUT2D eigenvalue weighted by molar-refractivity contribution is -0.137. The third-order valence-corrected chi connectivity index (χ3v) is 12.5. The monoisotopic (exact) mass is 935 g/mol. The van der Waals surface area contributed by atoms with E-state index < -0.39 is 12.1 Å². The number of fused-ring (bicyclic) bond motifs is 1. The first-order chi connectivity index (χ1) is 27.5. The number of rotatable bonds is 9. The minimum Gasteiger partial charge on any atom is -0.453 e. The molecular weight excluding hydrogens is 875 g/mol. The number of carbonyl (C=O) groups excluding carboxylic acids is 3. The van der Waals surface area contributed by atoms with E-state index in [1.54, 1.807) is 6.20 Å². The van der Waals surface area contributed by atoms with Crippen LogP contribution >= 0.6 is 67.5 Å². The van der Waals surface area contributed by atoms with Gasteiger partial charge in [0.2, 0.25) is 11.8 Å². The van der Waals surface area contributed by atoms with Crippen LogP contribution in [0.1, 0.15) is 106 Å². The van der Waals surface area contributed by atoms with Crippen molar-refractivity contribution in [2.75, 3.05) is 20.2 Å². The first-order valence-electron chi connectivity index (χ1n) is 20.2. The molecule has 3 aromatic carbocycles. The first-order valence-corrected chi connectivity index (χ1v) is 20.2. The van der Waals surface area contributed by atoms with Gasteiger partial charge in [-0.05, 0) is 84.9 Å². The number of nitrogens with zero attached hydrogens (tertiary/aromatic N) is 4. The van der Waals surface area contributed by atoms with E-state index in [0.29, 0.717) is 18.3 Å². The molecule has 0 radical (unpaired) electrons. The molecule has 3 aliphatic rings. The Morgan fingerprint density at radius 1 is 0.823 bits per heavy atom. The molecule has 5 atom stereocenters. The molecule has 1 aliphatic carbocycles. The summed E-state index contributed by atoms with van der Waals surface area (Å²) < 4.78 is 4.89. The lowest BCUT2D eigenvalue weighted by atomic mass is 9.92. The van der Waals surface area contributed by atoms with Crippen molar-refractivity contribution in [1.82, 2.24) is 35.1 Å². The summed E-state index contributed by atoms with van der Waals surface area (Å²) >= 11 is 0. The molecule has 2 aromatic heterocycles. The Balaban J connectivity index is 0.00000205. The number of carbonyl (C=O) groups is 3. The van der Waals surface area contributed by atoms with E-state index in [4.69, 9.17) is 14.7 Å². The summed E-state index contributed by atoms with van der Waals surface area (Å²) in [5.41, 5.74) is 6.58. The highest BCUT2D eigenvalue weighted by molar-refractivity contribution is 7.60. The van der Waals surface area contributed by atoms with Gasteiger partial charge < -0.3 is 29.8 Å². The summed E-state index contributed by atoms with van der Waals surface area (Å²) in [6.45, 7) is 9.61. The SMILES string of the molecule is COC(=O)N[C@@H](C(=O)N1CCC[C@H]1c1ncc(-c2ccc(C#Cc3ccc4nc([C@@H]5CC6(CC6)CN5C(=O)[C@@H](C)C(C)C)[nH]c4c3)cc2)[nH]1)[C@@H](C)c1ccccc1.S.S.S.S.S. The summed E-state index contributed by atoms with van der Waals surface area (Å²) in [7, 11) is 1.30. The summed E-state index contributed by atoms with van der Waals surface area (Å²) in [6, 6.07) is 22.7. The number of ether oxygens (including phenoxy) is 1. The fraction of sp³-hybridized carbons (Fsp3) is 0.413. The van der Waals surface area contributed by atoms with Crippen molar-refractivity contribution < 1.29 is 19.1 Å². The van der Waals surface area contributed by atoms with Crippen molar-refractivity contribution in [1.29, 1.82) is 0 Å². The minimum absolute atomic E-state index is 0. The summed E-state index contributed by atoms with van der Waals surface area (Å²) in [6.07, 6.45) is 6.09. The number of amides is 3. The fourth-order valence-electron chi connectivity index (χ4n) is 8.44. The average Bonchev–Trinajstić information content (AvgIpc) is 3.72. The van der Waals surface area contributed by atoms with Crippen molar-refractivity contribution in [3.63, 3.8) is 0 Å². The largest absolute Gasteiger partial charge is 0.453 e. The van der Waals surface area contributed by atoms with E-state index in [2.05, 4.69) is 45.9 Å². The molecular formula is C46H61N7O4S5. The van der Waals surface area contributed by atoms with E-state index in [0.717, 1.165) is 70.6 Å². The highest BCUT2D eigenvalue weighted by Gasteiger charge is 2.54. The topological polar surface area (TPSA) is 136 Å². The van der Waals surface area contributed by atoms with Gasteiger partial charge in [-0.1, -0.05) is 82.0 Å². The molecule has 2 saturated heterocycles. The van der Waals surface area contributed by atoms with E-state index in [9.17, 15) is 14.4 Å². The smallest absolute Gasteiger partial charge is 0.407 e. The molecule has 2 aliphatic heterocycles. The lowest BCUT2D eigenvalue weighted by Crippen LogP contribution is -2.51. The molecule has 62 heavy (non-hydrogen) atoms. The lowest BCUT2D eigenvalue weighted by Gasteiger charge is -2.31. The van der Waals surface area contributed by atoms with Gasteiger partial charge in [0.15, 0.2) is 0 Å². The van der Waals surface area contributed by atoms with Gasteiger partial charge in [0.1, 0.15) is 17.7 Å². The number of alkyl carbamates (subject to hydrolysis) is 1. The Hall–Kier alpha value is -4.14. The van der Waals surface area contributed by atoms with Crippen LogP contribution in [0.5, 0.6) is 0 Å². The number of methoxy groups -OCH3 is 1. The molecule has 334 valence electrons. The van der Waals surface area contributed by atoms with Gasteiger partial charge in [-0.25, -0.2) is 14.8 Å². The highest BCUT2D eigenvalue weighted by Crippen LogP contribution is 2.58. The number of hydrogen-bond acceptors (Lipinski definition) is 6. The molecule has 1 saturated carbocycles. The second kappa shape index (κ2) is 22.0. The number of aromatic amines is 2. The van der Waals surface area contributed by atoms with Gasteiger partial charge in [-0.3, -0.25) is 9.59 Å². The van der Waals surface area contributed by atoms with E-state index >= 15 is 0 Å². The van der Waals surface area contributed by atoms with Gasteiger partial charge in [0.25, 0.3) is 0 Å². The number of aromatic nitrogens is 4. The molecule has 0 unspecified atom stereocenters. The Labute approximate surface area is 400 Å². The van der Waals surface area contributed by atoms with Crippen LogP contribution < -0.4 is 5.32 Å². The van der Waals surface area contributed by atoms with Crippen LogP contribution in [0.15, 0.2) is 79.0 Å². The normalized spacial score (nSPS) is 18.4. The first kappa shape index (κ1) is 52.2. The molecule has 11 nitrogen and oxygen atoms in total. The van der Waals surface area contributed by atoms with E-state index in [1.165, 1.54) is 20.0 Å². The third kappa shape index (κ3) is 11.0. The molecule has 3 amide bonds. The van der Waals surface area contributed by atoms with Crippen LogP contribution in [0.4, 0.5) is 4.79 Å². The zero-order chi connectivity index (χ0) is 39.8. The minimum atomic E-state index is -0.796.